The fourth-order valence-electron chi connectivity index (χ4n) is 5.90. The van der Waals surface area contributed by atoms with Crippen molar-refractivity contribution in [2.75, 3.05) is 17.3 Å². The second-order valence-electron chi connectivity index (χ2n) is 9.99. The normalized spacial score (nSPS) is 28.5. The van der Waals surface area contributed by atoms with Crippen molar-refractivity contribution >= 4 is 40.1 Å². The summed E-state index contributed by atoms with van der Waals surface area (Å²) in [5, 5.41) is 13.8. The van der Waals surface area contributed by atoms with Gasteiger partial charge in [-0.1, -0.05) is 29.8 Å². The zero-order valence-corrected chi connectivity index (χ0v) is 20.3. The number of rotatable bonds is 5. The summed E-state index contributed by atoms with van der Waals surface area (Å²) in [6.07, 6.45) is 9.59. The van der Waals surface area contributed by atoms with Crippen LogP contribution >= 0.6 is 11.6 Å². The number of nitrogens with one attached hydrogen (secondary N) is 2. The predicted molar refractivity (Wildman–Crippen MR) is 140 cm³/mol. The number of benzene rings is 2. The first kappa shape index (κ1) is 21.9. The molecule has 6 rings (SSSR count). The van der Waals surface area contributed by atoms with E-state index in [4.69, 9.17) is 21.3 Å². The topological polar surface area (TPSA) is 60.7 Å². The van der Waals surface area contributed by atoms with E-state index < -0.39 is 0 Å². The summed E-state index contributed by atoms with van der Waals surface area (Å²) in [6.45, 7) is 0. The van der Waals surface area contributed by atoms with E-state index in [2.05, 4.69) is 34.5 Å². The Kier molecular flexibility index (Phi) is 5.70. The number of ether oxygens (including phenoxy) is 1. The second kappa shape index (κ2) is 8.86. The minimum atomic E-state index is -0.126. The number of hydrogen-bond donors (Lipinski definition) is 2. The van der Waals surface area contributed by atoms with Crippen LogP contribution in [0.2, 0.25) is 5.02 Å². The maximum absolute atomic E-state index is 9.37. The molecule has 6 heteroatoms. The van der Waals surface area contributed by atoms with Gasteiger partial charge in [0.2, 0.25) is 0 Å². The number of hydrogen-bond acceptors (Lipinski definition) is 5. The molecular weight excluding hydrogens is 444 g/mol. The van der Waals surface area contributed by atoms with Crippen LogP contribution in [0.25, 0.3) is 0 Å². The van der Waals surface area contributed by atoms with Crippen molar-refractivity contribution in [1.29, 1.82) is 5.41 Å². The maximum Gasteiger partial charge on any atom is 0.110 e. The minimum Gasteiger partial charge on any atom is -0.381 e. The predicted octanol–water partition coefficient (Wildman–Crippen LogP) is 6.61. The summed E-state index contributed by atoms with van der Waals surface area (Å²) in [4.78, 5) is 7.49. The highest BCUT2D eigenvalue weighted by atomic mass is 35.5. The molecule has 0 bridgehead atoms. The molecule has 1 heterocycles. The summed E-state index contributed by atoms with van der Waals surface area (Å²) in [5.74, 6) is 0.727. The first-order chi connectivity index (χ1) is 16.6. The molecule has 0 radical (unpaired) electrons. The Labute approximate surface area is 206 Å². The summed E-state index contributed by atoms with van der Waals surface area (Å²) in [6, 6.07) is 16.6. The lowest BCUT2D eigenvalue weighted by Gasteiger charge is -2.43. The molecule has 2 saturated carbocycles. The molecule has 4 aliphatic rings. The number of methoxy groups -OCH3 is 1. The Balaban J connectivity index is 1.41. The van der Waals surface area contributed by atoms with Crippen LogP contribution in [0.4, 0.5) is 17.1 Å². The third-order valence-corrected chi connectivity index (χ3v) is 8.10. The van der Waals surface area contributed by atoms with Crippen LogP contribution < -0.4 is 10.2 Å². The average Bonchev–Trinajstić information content (AvgIpc) is 3.71. The standard InChI is InChI=1S/C28H31ClN4O/c1-34-21-14-6-17(7-15-21)22-16-25-28(26(30)27(22)31-19-10-8-18(29)9-11-19)32-23-4-2-3-5-24(23)33(25)20-12-13-20/h2-5,8-11,16-17,20-22,27,30-31H,6-7,12-15H2,1H3. The zero-order chi connectivity index (χ0) is 23.2. The van der Waals surface area contributed by atoms with Gasteiger partial charge in [-0.3, -0.25) is 0 Å². The van der Waals surface area contributed by atoms with Crippen LogP contribution in [0.15, 0.2) is 65.3 Å². The summed E-state index contributed by atoms with van der Waals surface area (Å²) in [7, 11) is 1.82. The van der Waals surface area contributed by atoms with Gasteiger partial charge in [0.05, 0.1) is 34.9 Å². The third-order valence-electron chi connectivity index (χ3n) is 7.85. The van der Waals surface area contributed by atoms with E-state index in [0.717, 1.165) is 48.5 Å². The molecule has 0 aromatic heterocycles. The highest BCUT2D eigenvalue weighted by Gasteiger charge is 2.45. The molecule has 1 aliphatic heterocycles. The highest BCUT2D eigenvalue weighted by molar-refractivity contribution is 6.51. The molecule has 5 nitrogen and oxygen atoms in total. The molecule has 2 unspecified atom stereocenters. The molecule has 176 valence electrons. The molecular formula is C28H31ClN4O. The Morgan fingerprint density at radius 3 is 2.44 bits per heavy atom. The van der Waals surface area contributed by atoms with Crippen molar-refractivity contribution in [1.82, 2.24) is 0 Å². The molecule has 2 atom stereocenters. The van der Waals surface area contributed by atoms with Gasteiger partial charge in [-0.15, -0.1) is 0 Å². The van der Waals surface area contributed by atoms with Gasteiger partial charge in [-0.2, -0.15) is 0 Å². The van der Waals surface area contributed by atoms with Crippen LogP contribution in [-0.2, 0) is 4.74 Å². The van der Waals surface area contributed by atoms with Crippen LogP contribution in [0.5, 0.6) is 0 Å². The van der Waals surface area contributed by atoms with Crippen LogP contribution in [0.1, 0.15) is 38.5 Å². The van der Waals surface area contributed by atoms with Gasteiger partial charge in [0.25, 0.3) is 0 Å². The van der Waals surface area contributed by atoms with E-state index in [9.17, 15) is 5.41 Å². The van der Waals surface area contributed by atoms with Crippen molar-refractivity contribution in [2.24, 2.45) is 16.8 Å². The number of anilines is 2. The highest BCUT2D eigenvalue weighted by Crippen LogP contribution is 2.47. The van der Waals surface area contributed by atoms with Gasteiger partial charge in [0.1, 0.15) is 5.71 Å². The van der Waals surface area contributed by atoms with Crippen molar-refractivity contribution in [3.8, 4) is 0 Å². The SMILES string of the molecule is COC1CCC(C2C=C3C(=Nc4ccccc4N3C3CC3)C(=N)C2Nc2ccc(Cl)cc2)CC1. The van der Waals surface area contributed by atoms with Gasteiger partial charge < -0.3 is 20.4 Å². The average molecular weight is 475 g/mol. The van der Waals surface area contributed by atoms with Gasteiger partial charge >= 0.3 is 0 Å². The minimum absolute atomic E-state index is 0.126. The third kappa shape index (κ3) is 3.95. The molecule has 3 aliphatic carbocycles. The first-order valence-electron chi connectivity index (χ1n) is 12.4. The quantitative estimate of drug-likeness (QED) is 0.512. The monoisotopic (exact) mass is 474 g/mol. The number of halogens is 1. The van der Waals surface area contributed by atoms with Crippen LogP contribution in [0, 0.1) is 17.2 Å². The van der Waals surface area contributed by atoms with E-state index in [-0.39, 0.29) is 12.0 Å². The molecule has 2 fully saturated rings. The molecule has 0 saturated heterocycles. The fourth-order valence-corrected chi connectivity index (χ4v) is 6.02. The van der Waals surface area contributed by atoms with Crippen molar-refractivity contribution in [2.45, 2.75) is 56.7 Å². The van der Waals surface area contributed by atoms with E-state index in [1.165, 1.54) is 18.5 Å². The molecule has 2 N–H and O–H groups in total. The smallest absolute Gasteiger partial charge is 0.110 e. The Morgan fingerprint density at radius 2 is 1.74 bits per heavy atom. The zero-order valence-electron chi connectivity index (χ0n) is 19.5. The second-order valence-corrected chi connectivity index (χ2v) is 10.4. The Bertz CT molecular complexity index is 1150. The number of aliphatic imine (C=N–C) groups is 1. The lowest BCUT2D eigenvalue weighted by atomic mass is 9.71. The van der Waals surface area contributed by atoms with Crippen molar-refractivity contribution in [3.63, 3.8) is 0 Å². The van der Waals surface area contributed by atoms with Crippen molar-refractivity contribution in [3.05, 3.63) is 65.3 Å². The lowest BCUT2D eigenvalue weighted by molar-refractivity contribution is 0.0500. The summed E-state index contributed by atoms with van der Waals surface area (Å²) >= 11 is 6.14. The molecule has 2 aromatic carbocycles. The number of nitrogens with zero attached hydrogens (tertiary/aromatic N) is 2. The molecule has 34 heavy (non-hydrogen) atoms. The number of para-hydroxylation sites is 2. The van der Waals surface area contributed by atoms with E-state index in [1.807, 2.05) is 37.4 Å². The van der Waals surface area contributed by atoms with E-state index in [0.29, 0.717) is 28.8 Å². The number of fused-ring (bicyclic) bond motifs is 2. The Morgan fingerprint density at radius 1 is 1.00 bits per heavy atom. The largest absolute Gasteiger partial charge is 0.381 e. The van der Waals surface area contributed by atoms with E-state index >= 15 is 0 Å². The van der Waals surface area contributed by atoms with E-state index in [1.54, 1.807) is 0 Å². The van der Waals surface area contributed by atoms with Gasteiger partial charge in [-0.05, 0) is 80.8 Å². The van der Waals surface area contributed by atoms with Crippen LogP contribution in [-0.4, -0.2) is 36.7 Å². The van der Waals surface area contributed by atoms with Gasteiger partial charge in [-0.25, -0.2) is 4.99 Å². The molecule has 0 spiro atoms. The maximum atomic E-state index is 9.37. The summed E-state index contributed by atoms with van der Waals surface area (Å²) < 4.78 is 5.65. The van der Waals surface area contributed by atoms with Gasteiger partial charge in [0.15, 0.2) is 0 Å². The Hall–Kier alpha value is -2.63. The number of allylic oxidation sites excluding steroid dienone is 1. The first-order valence-corrected chi connectivity index (χ1v) is 12.8. The molecule has 0 amide bonds. The van der Waals surface area contributed by atoms with Crippen molar-refractivity contribution < 1.29 is 4.74 Å². The lowest BCUT2D eigenvalue weighted by Crippen LogP contribution is -2.51. The van der Waals surface area contributed by atoms with Crippen LogP contribution in [0.3, 0.4) is 0 Å². The fraction of sp³-hybridized carbons (Fsp3) is 0.429. The van der Waals surface area contributed by atoms with Gasteiger partial charge in [0, 0.05) is 29.8 Å². The molecule has 2 aromatic rings. The summed E-state index contributed by atoms with van der Waals surface area (Å²) in [5.41, 5.74) is 5.68.